The van der Waals surface area contributed by atoms with E-state index in [1.807, 2.05) is 0 Å². The van der Waals surface area contributed by atoms with Gasteiger partial charge in [0.1, 0.15) is 12.6 Å². The molecule has 0 radical (unpaired) electrons. The molecule has 0 bridgehead atoms. The third-order valence-corrected chi connectivity index (χ3v) is 8.45. The quantitative estimate of drug-likeness (QED) is 0.0286. The third-order valence-electron chi connectivity index (χ3n) is 8.45. The van der Waals surface area contributed by atoms with Crippen molar-refractivity contribution < 1.29 is 38.2 Å². The van der Waals surface area contributed by atoms with Gasteiger partial charge >= 0.3 is 11.9 Å². The largest absolute Gasteiger partial charge is 0.544 e. The highest BCUT2D eigenvalue weighted by atomic mass is 16.6. The van der Waals surface area contributed by atoms with Gasteiger partial charge in [0.15, 0.2) is 6.10 Å². The van der Waals surface area contributed by atoms with E-state index in [0.717, 1.165) is 83.5 Å². The molecule has 0 amide bonds. The molecule has 0 rings (SSSR count). The minimum absolute atomic E-state index is 0.0277. The number of esters is 2. The van der Waals surface area contributed by atoms with Crippen LogP contribution in [0, 0.1) is 0 Å². The van der Waals surface area contributed by atoms with Gasteiger partial charge in [-0.1, -0.05) is 107 Å². The Morgan fingerprint density at radius 2 is 1.12 bits per heavy atom. The number of likely N-dealkylation sites (N-methyl/N-ethyl adjacent to an activating group) is 1. The van der Waals surface area contributed by atoms with Crippen LogP contribution in [0.5, 0.6) is 0 Å². The average Bonchev–Trinajstić information content (AvgIpc) is 3.06. The van der Waals surface area contributed by atoms with Gasteiger partial charge < -0.3 is 28.6 Å². The number of aliphatic carboxylic acids is 1. The number of carbonyl (C=O) groups is 3. The number of allylic oxidation sites excluding steroid dienone is 8. The molecule has 0 saturated heterocycles. The maximum atomic E-state index is 12.6. The van der Waals surface area contributed by atoms with Crippen LogP contribution in [0.25, 0.3) is 0 Å². The van der Waals surface area contributed by atoms with E-state index >= 15 is 0 Å². The third kappa shape index (κ3) is 31.3. The highest BCUT2D eigenvalue weighted by Gasteiger charge is 2.25. The van der Waals surface area contributed by atoms with E-state index in [1.54, 1.807) is 21.1 Å². The number of hydrogen-bond donors (Lipinski definition) is 0. The smallest absolute Gasteiger partial charge is 0.306 e. The minimum atomic E-state index is -1.13. The number of hydrogen-bond acceptors (Lipinski definition) is 7. The van der Waals surface area contributed by atoms with Crippen molar-refractivity contribution in [3.63, 3.8) is 0 Å². The number of quaternary nitrogens is 1. The fourth-order valence-corrected chi connectivity index (χ4v) is 5.37. The summed E-state index contributed by atoms with van der Waals surface area (Å²) in [6.45, 7) is 4.47. The molecule has 288 valence electrons. The second-order valence-corrected chi connectivity index (χ2v) is 14.1. The van der Waals surface area contributed by atoms with Gasteiger partial charge in [0.05, 0.1) is 40.3 Å². The fourth-order valence-electron chi connectivity index (χ4n) is 5.37. The molecule has 0 saturated carbocycles. The summed E-state index contributed by atoms with van der Waals surface area (Å²) in [6.07, 6.45) is 37.0. The predicted octanol–water partition coefficient (Wildman–Crippen LogP) is 8.74. The van der Waals surface area contributed by atoms with Crippen LogP contribution < -0.4 is 5.11 Å². The molecule has 0 aromatic carbocycles. The average molecular weight is 704 g/mol. The summed E-state index contributed by atoms with van der Waals surface area (Å²) < 4.78 is 17.1. The van der Waals surface area contributed by atoms with E-state index in [-0.39, 0.29) is 42.7 Å². The summed E-state index contributed by atoms with van der Waals surface area (Å²) >= 11 is 0. The second kappa shape index (κ2) is 33.4. The number of carboxylic acids is 1. The first-order valence-corrected chi connectivity index (χ1v) is 19.7. The normalized spacial score (nSPS) is 13.5. The van der Waals surface area contributed by atoms with E-state index in [2.05, 4.69) is 62.5 Å². The summed E-state index contributed by atoms with van der Waals surface area (Å²) in [5.41, 5.74) is 0. The number of ether oxygens (including phenoxy) is 3. The number of carboxylic acid groups (broad SMARTS) is 1. The zero-order valence-corrected chi connectivity index (χ0v) is 32.5. The Balaban J connectivity index is 4.47. The van der Waals surface area contributed by atoms with Crippen molar-refractivity contribution in [2.75, 3.05) is 41.0 Å². The molecule has 0 fully saturated rings. The van der Waals surface area contributed by atoms with Crippen LogP contribution in [-0.4, -0.2) is 75.5 Å². The highest BCUT2D eigenvalue weighted by molar-refractivity contribution is 5.70. The van der Waals surface area contributed by atoms with Crippen LogP contribution >= 0.6 is 0 Å². The summed E-state index contributed by atoms with van der Waals surface area (Å²) in [6, 6.07) is -0.730. The Hall–Kier alpha value is -2.71. The topological polar surface area (TPSA) is 102 Å². The van der Waals surface area contributed by atoms with Crippen molar-refractivity contribution in [2.45, 2.75) is 161 Å². The van der Waals surface area contributed by atoms with Crippen molar-refractivity contribution in [1.29, 1.82) is 0 Å². The van der Waals surface area contributed by atoms with Crippen molar-refractivity contribution >= 4 is 17.9 Å². The first-order valence-electron chi connectivity index (χ1n) is 19.7. The lowest BCUT2D eigenvalue weighted by Gasteiger charge is -2.34. The maximum Gasteiger partial charge on any atom is 0.306 e. The summed E-state index contributed by atoms with van der Waals surface area (Å²) in [5, 5.41) is 11.6. The first kappa shape index (κ1) is 47.3. The van der Waals surface area contributed by atoms with Gasteiger partial charge in [-0.3, -0.25) is 9.59 Å². The highest BCUT2D eigenvalue weighted by Crippen LogP contribution is 2.12. The molecule has 0 heterocycles. The van der Waals surface area contributed by atoms with Gasteiger partial charge in [-0.2, -0.15) is 0 Å². The Bertz CT molecular complexity index is 964. The molecule has 8 nitrogen and oxygen atoms in total. The number of carbonyl (C=O) groups excluding carboxylic acids is 3. The van der Waals surface area contributed by atoms with E-state index in [0.29, 0.717) is 12.8 Å². The molecule has 8 heteroatoms. The molecule has 0 aliphatic heterocycles. The molecule has 0 aliphatic carbocycles. The van der Waals surface area contributed by atoms with Crippen molar-refractivity contribution in [3.8, 4) is 0 Å². The van der Waals surface area contributed by atoms with Gasteiger partial charge in [0.2, 0.25) is 0 Å². The standard InChI is InChI=1S/C42H73NO7/c1-6-8-10-12-14-16-18-20-21-23-25-27-29-31-33-41(45)50-38(36-48-35-34-39(42(46)47)43(3,4)5)37-49-40(44)32-30-28-26-24-22-19-17-15-13-11-9-7-2/h8,10,14-17,20-21,38-39H,6-7,9,11-13,18-19,22-37H2,1-5H3/b10-8+,16-14+,17-15+,21-20+. The molecule has 2 atom stereocenters. The fraction of sp³-hybridized carbons (Fsp3) is 0.738. The van der Waals surface area contributed by atoms with Gasteiger partial charge in [0.25, 0.3) is 0 Å². The van der Waals surface area contributed by atoms with Crippen molar-refractivity contribution in [3.05, 3.63) is 48.6 Å². The van der Waals surface area contributed by atoms with Crippen LogP contribution in [-0.2, 0) is 28.6 Å². The van der Waals surface area contributed by atoms with E-state index in [9.17, 15) is 19.5 Å². The number of unbranched alkanes of at least 4 members (excludes halogenated alkanes) is 12. The molecule has 0 aromatic heterocycles. The van der Waals surface area contributed by atoms with Crippen LogP contribution in [0.2, 0.25) is 0 Å². The molecule has 0 aliphatic rings. The van der Waals surface area contributed by atoms with E-state index in [4.69, 9.17) is 14.2 Å². The van der Waals surface area contributed by atoms with Crippen LogP contribution in [0.3, 0.4) is 0 Å². The second-order valence-electron chi connectivity index (χ2n) is 14.1. The van der Waals surface area contributed by atoms with Crippen LogP contribution in [0.1, 0.15) is 149 Å². The van der Waals surface area contributed by atoms with Crippen LogP contribution in [0.15, 0.2) is 48.6 Å². The predicted molar refractivity (Wildman–Crippen MR) is 203 cm³/mol. The zero-order chi connectivity index (χ0) is 37.1. The maximum absolute atomic E-state index is 12.6. The Morgan fingerprint density at radius 1 is 0.620 bits per heavy atom. The van der Waals surface area contributed by atoms with Crippen LogP contribution in [0.4, 0.5) is 0 Å². The zero-order valence-electron chi connectivity index (χ0n) is 32.5. The first-order chi connectivity index (χ1) is 24.1. The van der Waals surface area contributed by atoms with Gasteiger partial charge in [-0.05, 0) is 70.6 Å². The molecule has 0 spiro atoms. The SMILES string of the molecule is CC/C=C/C/C=C/C/C=C/CCCCCCC(=O)OC(COCCC(C(=O)[O-])[N+](C)(C)C)COC(=O)CCCCCCC/C=C/CCCCC. The monoisotopic (exact) mass is 704 g/mol. The Labute approximate surface area is 306 Å². The molecular formula is C42H73NO7. The Kier molecular flexibility index (Phi) is 31.6. The molecular weight excluding hydrogens is 630 g/mol. The number of rotatable bonds is 34. The van der Waals surface area contributed by atoms with Gasteiger partial charge in [0, 0.05) is 19.3 Å². The van der Waals surface area contributed by atoms with E-state index in [1.165, 1.54) is 32.1 Å². The summed E-state index contributed by atoms with van der Waals surface area (Å²) in [7, 11) is 5.38. The van der Waals surface area contributed by atoms with Gasteiger partial charge in [-0.15, -0.1) is 0 Å². The minimum Gasteiger partial charge on any atom is -0.544 e. The summed E-state index contributed by atoms with van der Waals surface area (Å²) in [5.74, 6) is -1.78. The summed E-state index contributed by atoms with van der Waals surface area (Å²) in [4.78, 5) is 36.7. The lowest BCUT2D eigenvalue weighted by atomic mass is 10.1. The molecule has 50 heavy (non-hydrogen) atoms. The van der Waals surface area contributed by atoms with E-state index < -0.39 is 18.1 Å². The van der Waals surface area contributed by atoms with Gasteiger partial charge in [-0.25, -0.2) is 0 Å². The molecule has 0 N–H and O–H groups in total. The van der Waals surface area contributed by atoms with Crippen molar-refractivity contribution in [2.24, 2.45) is 0 Å². The lowest BCUT2D eigenvalue weighted by molar-refractivity contribution is -0.889. The Morgan fingerprint density at radius 3 is 1.68 bits per heavy atom. The number of nitrogens with zero attached hydrogens (tertiary/aromatic N) is 1. The van der Waals surface area contributed by atoms with Crippen molar-refractivity contribution in [1.82, 2.24) is 0 Å². The lowest BCUT2D eigenvalue weighted by Crippen LogP contribution is -2.55. The molecule has 0 aromatic rings. The molecule has 2 unspecified atom stereocenters.